The van der Waals surface area contributed by atoms with Gasteiger partial charge in [-0.25, -0.2) is 4.39 Å². The van der Waals surface area contributed by atoms with Crippen LogP contribution in [0.15, 0.2) is 42.5 Å². The van der Waals surface area contributed by atoms with E-state index in [2.05, 4.69) is 5.32 Å². The first-order valence-corrected chi connectivity index (χ1v) is 6.05. The van der Waals surface area contributed by atoms with Crippen molar-refractivity contribution in [2.24, 2.45) is 0 Å². The lowest BCUT2D eigenvalue weighted by molar-refractivity contribution is 0.0952. The lowest BCUT2D eigenvalue weighted by Gasteiger charge is -2.07. The van der Waals surface area contributed by atoms with E-state index < -0.39 is 11.7 Å². The van der Waals surface area contributed by atoms with Gasteiger partial charge >= 0.3 is 0 Å². The highest BCUT2D eigenvalue weighted by atomic mass is 19.1. The minimum Gasteiger partial charge on any atom is -0.399 e. The Kier molecular flexibility index (Phi) is 3.80. The zero-order valence-corrected chi connectivity index (χ0v) is 10.6. The number of carbonyl (C=O) groups is 1. The van der Waals surface area contributed by atoms with Crippen LogP contribution in [0.4, 0.5) is 10.1 Å². The first-order valence-electron chi connectivity index (χ1n) is 6.05. The summed E-state index contributed by atoms with van der Waals surface area (Å²) in [5, 5.41) is 2.57. The van der Waals surface area contributed by atoms with E-state index >= 15 is 0 Å². The van der Waals surface area contributed by atoms with Crippen LogP contribution in [0.1, 0.15) is 17.3 Å². The van der Waals surface area contributed by atoms with Gasteiger partial charge in [-0.05, 0) is 42.3 Å². The second-order valence-electron chi connectivity index (χ2n) is 4.18. The third-order valence-electron chi connectivity index (χ3n) is 2.80. The fraction of sp³-hybridized carbons (Fsp3) is 0.133. The van der Waals surface area contributed by atoms with Gasteiger partial charge in [-0.1, -0.05) is 18.2 Å². The standard InChI is InChI=1S/C15H15FN2O/c1-2-18-15(19)13-8-5-11(9-14(13)16)10-3-6-12(17)7-4-10/h3-9H,2,17H2,1H3,(H,18,19). The maximum Gasteiger partial charge on any atom is 0.254 e. The van der Waals surface area contributed by atoms with E-state index in [-0.39, 0.29) is 5.56 Å². The summed E-state index contributed by atoms with van der Waals surface area (Å²) in [6.45, 7) is 2.26. The molecule has 4 heteroatoms. The predicted molar refractivity (Wildman–Crippen MR) is 74.3 cm³/mol. The lowest BCUT2D eigenvalue weighted by Crippen LogP contribution is -2.23. The number of hydrogen-bond donors (Lipinski definition) is 2. The van der Waals surface area contributed by atoms with Gasteiger partial charge in [0.1, 0.15) is 5.82 Å². The predicted octanol–water partition coefficient (Wildman–Crippen LogP) is 2.82. The summed E-state index contributed by atoms with van der Waals surface area (Å²) in [5.74, 6) is -0.927. The van der Waals surface area contributed by atoms with Gasteiger partial charge in [0.05, 0.1) is 5.56 Å². The Morgan fingerprint density at radius 3 is 2.37 bits per heavy atom. The molecule has 0 aliphatic heterocycles. The first-order chi connectivity index (χ1) is 9.11. The van der Waals surface area contributed by atoms with Crippen molar-refractivity contribution >= 4 is 11.6 Å². The van der Waals surface area contributed by atoms with Crippen molar-refractivity contribution in [1.82, 2.24) is 5.32 Å². The van der Waals surface area contributed by atoms with Gasteiger partial charge in [-0.3, -0.25) is 4.79 Å². The molecule has 0 atom stereocenters. The number of nitrogens with one attached hydrogen (secondary N) is 1. The monoisotopic (exact) mass is 258 g/mol. The van der Waals surface area contributed by atoms with E-state index in [4.69, 9.17) is 5.73 Å². The summed E-state index contributed by atoms with van der Waals surface area (Å²) in [4.78, 5) is 11.6. The van der Waals surface area contributed by atoms with Crippen LogP contribution >= 0.6 is 0 Å². The van der Waals surface area contributed by atoms with Gasteiger partial charge < -0.3 is 11.1 Å². The number of carbonyl (C=O) groups excluding carboxylic acids is 1. The minimum absolute atomic E-state index is 0.0565. The third kappa shape index (κ3) is 2.91. The molecule has 0 aliphatic carbocycles. The highest BCUT2D eigenvalue weighted by Gasteiger charge is 2.11. The van der Waals surface area contributed by atoms with Crippen molar-refractivity contribution in [2.75, 3.05) is 12.3 Å². The summed E-state index contributed by atoms with van der Waals surface area (Å²) >= 11 is 0. The van der Waals surface area contributed by atoms with Gasteiger partial charge in [0.25, 0.3) is 5.91 Å². The van der Waals surface area contributed by atoms with Crippen molar-refractivity contribution < 1.29 is 9.18 Å². The van der Waals surface area contributed by atoms with Gasteiger partial charge in [0.2, 0.25) is 0 Å². The fourth-order valence-electron chi connectivity index (χ4n) is 1.81. The van der Waals surface area contributed by atoms with Crippen LogP contribution in [-0.4, -0.2) is 12.5 Å². The molecule has 0 fully saturated rings. The van der Waals surface area contributed by atoms with Crippen LogP contribution in [0.5, 0.6) is 0 Å². The minimum atomic E-state index is -0.528. The summed E-state index contributed by atoms with van der Waals surface area (Å²) in [6.07, 6.45) is 0. The van der Waals surface area contributed by atoms with Gasteiger partial charge in [-0.2, -0.15) is 0 Å². The molecule has 0 spiro atoms. The smallest absolute Gasteiger partial charge is 0.254 e. The quantitative estimate of drug-likeness (QED) is 0.832. The van der Waals surface area contributed by atoms with Crippen LogP contribution in [0.3, 0.4) is 0 Å². The number of nitrogen functional groups attached to an aromatic ring is 1. The van der Waals surface area contributed by atoms with E-state index in [1.54, 1.807) is 25.1 Å². The first kappa shape index (κ1) is 13.1. The maximum absolute atomic E-state index is 13.9. The molecule has 19 heavy (non-hydrogen) atoms. The Hall–Kier alpha value is -2.36. The number of halogens is 1. The van der Waals surface area contributed by atoms with Crippen LogP contribution < -0.4 is 11.1 Å². The molecule has 98 valence electrons. The van der Waals surface area contributed by atoms with Crippen molar-refractivity contribution in [2.45, 2.75) is 6.92 Å². The largest absolute Gasteiger partial charge is 0.399 e. The van der Waals surface area contributed by atoms with E-state index in [0.29, 0.717) is 17.8 Å². The second kappa shape index (κ2) is 5.52. The molecule has 2 aromatic rings. The molecule has 2 rings (SSSR count). The SMILES string of the molecule is CCNC(=O)c1ccc(-c2ccc(N)cc2)cc1F. The zero-order chi connectivity index (χ0) is 13.8. The number of amides is 1. The molecule has 0 aromatic heterocycles. The van der Waals surface area contributed by atoms with Gasteiger partial charge in [0, 0.05) is 12.2 Å². The van der Waals surface area contributed by atoms with Crippen LogP contribution in [0.2, 0.25) is 0 Å². The van der Waals surface area contributed by atoms with Crippen LogP contribution in [0, 0.1) is 5.82 Å². The molecule has 1 amide bonds. The highest BCUT2D eigenvalue weighted by Crippen LogP contribution is 2.23. The average molecular weight is 258 g/mol. The number of anilines is 1. The van der Waals surface area contributed by atoms with E-state index in [0.717, 1.165) is 5.56 Å². The molecule has 0 saturated heterocycles. The molecule has 0 radical (unpaired) electrons. The third-order valence-corrected chi connectivity index (χ3v) is 2.80. The number of rotatable bonds is 3. The Bertz CT molecular complexity index is 594. The Morgan fingerprint density at radius 2 is 1.79 bits per heavy atom. The molecular formula is C15H15FN2O. The highest BCUT2D eigenvalue weighted by molar-refractivity contribution is 5.95. The Morgan fingerprint density at radius 1 is 1.16 bits per heavy atom. The second-order valence-corrected chi connectivity index (χ2v) is 4.18. The maximum atomic E-state index is 13.9. The fourth-order valence-corrected chi connectivity index (χ4v) is 1.81. The van der Waals surface area contributed by atoms with Crippen LogP contribution in [0.25, 0.3) is 11.1 Å². The molecule has 0 aliphatic rings. The van der Waals surface area contributed by atoms with Gasteiger partial charge in [-0.15, -0.1) is 0 Å². The van der Waals surface area contributed by atoms with Crippen molar-refractivity contribution in [1.29, 1.82) is 0 Å². The Balaban J connectivity index is 2.33. The lowest BCUT2D eigenvalue weighted by atomic mass is 10.0. The molecule has 3 N–H and O–H groups in total. The van der Waals surface area contributed by atoms with E-state index in [1.807, 2.05) is 12.1 Å². The topological polar surface area (TPSA) is 55.1 Å². The van der Waals surface area contributed by atoms with Crippen molar-refractivity contribution in [3.63, 3.8) is 0 Å². The van der Waals surface area contributed by atoms with Crippen molar-refractivity contribution in [3.05, 3.63) is 53.8 Å². The van der Waals surface area contributed by atoms with Crippen LogP contribution in [-0.2, 0) is 0 Å². The summed E-state index contributed by atoms with van der Waals surface area (Å²) in [6, 6.07) is 11.7. The normalized spacial score (nSPS) is 10.2. The summed E-state index contributed by atoms with van der Waals surface area (Å²) in [5.41, 5.74) is 7.89. The number of nitrogens with two attached hydrogens (primary N) is 1. The zero-order valence-electron chi connectivity index (χ0n) is 10.6. The van der Waals surface area contributed by atoms with Gasteiger partial charge in [0.15, 0.2) is 0 Å². The molecule has 0 bridgehead atoms. The summed E-state index contributed by atoms with van der Waals surface area (Å²) in [7, 11) is 0. The molecule has 0 unspecified atom stereocenters. The molecular weight excluding hydrogens is 243 g/mol. The number of benzene rings is 2. The van der Waals surface area contributed by atoms with E-state index in [9.17, 15) is 9.18 Å². The van der Waals surface area contributed by atoms with E-state index in [1.165, 1.54) is 12.1 Å². The average Bonchev–Trinajstić information content (AvgIpc) is 2.39. The summed E-state index contributed by atoms with van der Waals surface area (Å²) < 4.78 is 13.9. The molecule has 3 nitrogen and oxygen atoms in total. The molecule has 2 aromatic carbocycles. The Labute approximate surface area is 111 Å². The van der Waals surface area contributed by atoms with Crippen molar-refractivity contribution in [3.8, 4) is 11.1 Å². The molecule has 0 heterocycles. The number of hydrogen-bond acceptors (Lipinski definition) is 2. The molecule has 0 saturated carbocycles.